The molecule has 0 radical (unpaired) electrons. The second-order valence-electron chi connectivity index (χ2n) is 5.31. The number of allylic oxidation sites excluding steroid dienone is 4. The third-order valence-corrected chi connectivity index (χ3v) is 3.81. The largest absolute Gasteiger partial charge is 0.357 e. The summed E-state index contributed by atoms with van der Waals surface area (Å²) >= 11 is 0. The van der Waals surface area contributed by atoms with Gasteiger partial charge in [0.1, 0.15) is 0 Å². The van der Waals surface area contributed by atoms with E-state index >= 15 is 0 Å². The van der Waals surface area contributed by atoms with Crippen molar-refractivity contribution in [3.63, 3.8) is 0 Å². The molecule has 2 aliphatic rings. The van der Waals surface area contributed by atoms with E-state index in [-0.39, 0.29) is 5.91 Å². The van der Waals surface area contributed by atoms with Crippen LogP contribution in [0, 0.1) is 0 Å². The summed E-state index contributed by atoms with van der Waals surface area (Å²) in [6.07, 6.45) is 9.65. The van der Waals surface area contributed by atoms with E-state index in [1.807, 2.05) is 48.6 Å². The van der Waals surface area contributed by atoms with Gasteiger partial charge < -0.3 is 4.84 Å². The lowest BCUT2D eigenvalue weighted by Gasteiger charge is -2.26. The fourth-order valence-corrected chi connectivity index (χ4v) is 2.65. The van der Waals surface area contributed by atoms with E-state index in [1.165, 1.54) is 0 Å². The number of hydrogen-bond acceptors (Lipinski definition) is 4. The number of anilines is 1. The summed E-state index contributed by atoms with van der Waals surface area (Å²) in [6.45, 7) is 0. The third kappa shape index (κ3) is 2.54. The number of para-hydroxylation sites is 1. The zero-order valence-corrected chi connectivity index (χ0v) is 12.7. The Morgan fingerprint density at radius 2 is 2.08 bits per heavy atom. The van der Waals surface area contributed by atoms with Crippen LogP contribution in [-0.2, 0) is 4.84 Å². The molecule has 0 fully saturated rings. The number of hydrogen-bond donors (Lipinski definition) is 1. The van der Waals surface area contributed by atoms with Crippen molar-refractivity contribution in [1.82, 2.24) is 10.2 Å². The number of rotatable bonds is 3. The van der Waals surface area contributed by atoms with Crippen LogP contribution in [0.3, 0.4) is 0 Å². The minimum absolute atomic E-state index is 0.211. The molecule has 118 valence electrons. The minimum atomic E-state index is -0.211. The Hall–Kier alpha value is -3.41. The summed E-state index contributed by atoms with van der Waals surface area (Å²) in [5.74, 6) is 0.447. The van der Waals surface area contributed by atoms with Gasteiger partial charge in [-0.1, -0.05) is 29.4 Å². The van der Waals surface area contributed by atoms with Gasteiger partial charge in [-0.05, 0) is 30.7 Å². The molecule has 0 saturated heterocycles. The van der Waals surface area contributed by atoms with Crippen LogP contribution in [0.2, 0.25) is 0 Å². The molecule has 1 aliphatic carbocycles. The van der Waals surface area contributed by atoms with Crippen molar-refractivity contribution < 1.29 is 9.63 Å². The average Bonchev–Trinajstić information content (AvgIpc) is 3.17. The average molecular weight is 318 g/mol. The van der Waals surface area contributed by atoms with E-state index in [0.29, 0.717) is 17.9 Å². The summed E-state index contributed by atoms with van der Waals surface area (Å²) in [5, 5.41) is 10.5. The molecule has 1 aliphatic heterocycles. The predicted octanol–water partition coefficient (Wildman–Crippen LogP) is 3.17. The van der Waals surface area contributed by atoms with Crippen LogP contribution in [0.4, 0.5) is 5.69 Å². The summed E-state index contributed by atoms with van der Waals surface area (Å²) in [4.78, 5) is 19.9. The van der Waals surface area contributed by atoms with Crippen LogP contribution in [0.25, 0.3) is 0 Å². The number of nitrogens with one attached hydrogen (secondary N) is 1. The first-order valence-electron chi connectivity index (χ1n) is 7.54. The van der Waals surface area contributed by atoms with Crippen molar-refractivity contribution in [3.05, 3.63) is 83.5 Å². The van der Waals surface area contributed by atoms with Crippen molar-refractivity contribution in [2.75, 3.05) is 4.90 Å². The van der Waals surface area contributed by atoms with Crippen LogP contribution >= 0.6 is 0 Å². The quantitative estimate of drug-likeness (QED) is 0.945. The van der Waals surface area contributed by atoms with E-state index in [1.54, 1.807) is 23.4 Å². The zero-order valence-electron chi connectivity index (χ0n) is 12.7. The van der Waals surface area contributed by atoms with E-state index in [2.05, 4.69) is 15.4 Å². The van der Waals surface area contributed by atoms with Crippen LogP contribution in [-0.4, -0.2) is 22.3 Å². The predicted molar refractivity (Wildman–Crippen MR) is 90.3 cm³/mol. The Balaban J connectivity index is 1.75. The summed E-state index contributed by atoms with van der Waals surface area (Å²) in [5.41, 5.74) is 2.88. The normalized spacial score (nSPS) is 15.6. The molecule has 0 saturated carbocycles. The Morgan fingerprint density at radius 3 is 2.88 bits per heavy atom. The van der Waals surface area contributed by atoms with Gasteiger partial charge in [-0.2, -0.15) is 5.10 Å². The fourth-order valence-electron chi connectivity index (χ4n) is 2.65. The molecule has 24 heavy (non-hydrogen) atoms. The van der Waals surface area contributed by atoms with Gasteiger partial charge in [0.2, 0.25) is 0 Å². The molecular formula is C18H14N4O2. The maximum atomic E-state index is 13.0. The lowest BCUT2D eigenvalue weighted by Crippen LogP contribution is -2.31. The lowest BCUT2D eigenvalue weighted by atomic mass is 10.0. The molecular weight excluding hydrogens is 304 g/mol. The monoisotopic (exact) mass is 318 g/mol. The maximum Gasteiger partial charge on any atom is 0.283 e. The second-order valence-corrected chi connectivity index (χ2v) is 5.31. The number of aromatic nitrogens is 2. The van der Waals surface area contributed by atoms with E-state index in [4.69, 9.17) is 4.84 Å². The Kier molecular flexibility index (Phi) is 3.55. The smallest absolute Gasteiger partial charge is 0.283 e. The van der Waals surface area contributed by atoms with Gasteiger partial charge >= 0.3 is 0 Å². The summed E-state index contributed by atoms with van der Waals surface area (Å²) < 4.78 is 0. The molecule has 1 aromatic carbocycles. The number of carbonyl (C=O) groups is 1. The SMILES string of the molecule is O=C(c1cc[nH]n1)N(C1=CCC2=CC=NOC2=C1)c1ccccc1. The molecule has 2 aromatic rings. The first-order chi connectivity index (χ1) is 11.8. The number of aromatic amines is 1. The van der Waals surface area contributed by atoms with Gasteiger partial charge in [0.05, 0.1) is 6.21 Å². The number of oxime groups is 1. The summed E-state index contributed by atoms with van der Waals surface area (Å²) in [7, 11) is 0. The van der Waals surface area contributed by atoms with Gasteiger partial charge in [0.25, 0.3) is 5.91 Å². The van der Waals surface area contributed by atoms with Crippen LogP contribution in [0.1, 0.15) is 16.9 Å². The fraction of sp³-hybridized carbons (Fsp3) is 0.0556. The number of benzene rings is 1. The van der Waals surface area contributed by atoms with Crippen LogP contribution < -0.4 is 4.90 Å². The van der Waals surface area contributed by atoms with E-state index < -0.39 is 0 Å². The highest BCUT2D eigenvalue weighted by atomic mass is 16.6. The van der Waals surface area contributed by atoms with E-state index in [9.17, 15) is 4.79 Å². The molecule has 4 rings (SSSR count). The second kappa shape index (κ2) is 6.00. The van der Waals surface area contributed by atoms with Crippen molar-refractivity contribution in [2.24, 2.45) is 5.16 Å². The molecule has 6 heteroatoms. The molecule has 0 unspecified atom stereocenters. The van der Waals surface area contributed by atoms with Crippen molar-refractivity contribution in [1.29, 1.82) is 0 Å². The summed E-state index contributed by atoms with van der Waals surface area (Å²) in [6, 6.07) is 11.1. The number of nitrogens with zero attached hydrogens (tertiary/aromatic N) is 3. The molecule has 0 atom stereocenters. The minimum Gasteiger partial charge on any atom is -0.357 e. The molecule has 1 amide bonds. The van der Waals surface area contributed by atoms with Crippen LogP contribution in [0.15, 0.2) is 83.0 Å². The van der Waals surface area contributed by atoms with Crippen molar-refractivity contribution in [2.45, 2.75) is 6.42 Å². The van der Waals surface area contributed by atoms with Crippen molar-refractivity contribution in [3.8, 4) is 0 Å². The van der Waals surface area contributed by atoms with Gasteiger partial charge in [-0.15, -0.1) is 0 Å². The Morgan fingerprint density at radius 1 is 1.21 bits per heavy atom. The first-order valence-corrected chi connectivity index (χ1v) is 7.54. The highest BCUT2D eigenvalue weighted by Crippen LogP contribution is 2.31. The molecule has 1 N–H and O–H groups in total. The molecule has 2 heterocycles. The van der Waals surface area contributed by atoms with Crippen molar-refractivity contribution >= 4 is 17.8 Å². The molecule has 0 bridgehead atoms. The number of fused-ring (bicyclic) bond motifs is 1. The number of amides is 1. The maximum absolute atomic E-state index is 13.0. The third-order valence-electron chi connectivity index (χ3n) is 3.81. The highest BCUT2D eigenvalue weighted by Gasteiger charge is 2.25. The standard InChI is InChI=1S/C18H14N4O2/c23-18(16-9-10-19-21-16)22(14-4-2-1-3-5-14)15-7-6-13-8-11-20-24-17(13)12-15/h1-5,7-12H,6H2,(H,19,21). The molecule has 6 nitrogen and oxygen atoms in total. The zero-order chi connectivity index (χ0) is 16.4. The van der Waals surface area contributed by atoms with Gasteiger partial charge in [0.15, 0.2) is 11.5 Å². The topological polar surface area (TPSA) is 70.6 Å². The van der Waals surface area contributed by atoms with Gasteiger partial charge in [0, 0.05) is 29.2 Å². The van der Waals surface area contributed by atoms with Crippen LogP contribution in [0.5, 0.6) is 0 Å². The number of H-pyrrole nitrogens is 1. The highest BCUT2D eigenvalue weighted by molar-refractivity contribution is 6.07. The van der Waals surface area contributed by atoms with Gasteiger partial charge in [-0.3, -0.25) is 14.8 Å². The van der Waals surface area contributed by atoms with Gasteiger partial charge in [-0.25, -0.2) is 0 Å². The van der Waals surface area contributed by atoms with E-state index in [0.717, 1.165) is 17.0 Å². The Bertz CT molecular complexity index is 877. The Labute approximate surface area is 138 Å². The molecule has 1 aromatic heterocycles. The molecule has 0 spiro atoms. The lowest BCUT2D eigenvalue weighted by molar-refractivity contribution is 0.0990. The number of carbonyl (C=O) groups excluding carboxylic acids is 1. The first kappa shape index (κ1) is 14.2.